The number of carbonyl (C=O) groups is 1. The van der Waals surface area contributed by atoms with E-state index in [-0.39, 0.29) is 11.9 Å². The fourth-order valence-corrected chi connectivity index (χ4v) is 2.13. The molecule has 6 heteroatoms. The number of aryl methyl sites for hydroxylation is 1. The number of nitrogen functional groups attached to an aromatic ring is 1. The first kappa shape index (κ1) is 11.9. The van der Waals surface area contributed by atoms with E-state index in [2.05, 4.69) is 15.2 Å². The smallest absolute Gasteiger partial charge is 0.239 e. The van der Waals surface area contributed by atoms with Crippen LogP contribution in [0.5, 0.6) is 0 Å². The monoisotopic (exact) mass is 237 g/mol. The molecular formula is C11H19N5O. The fourth-order valence-electron chi connectivity index (χ4n) is 2.13. The largest absolute Gasteiger partial charge is 0.367 e. The van der Waals surface area contributed by atoms with Gasteiger partial charge in [-0.3, -0.25) is 9.89 Å². The number of amides is 1. The number of hydrogen-bond donors (Lipinski definition) is 2. The molecule has 0 unspecified atom stereocenters. The van der Waals surface area contributed by atoms with Crippen LogP contribution in [0.15, 0.2) is 0 Å². The molecule has 1 aliphatic rings. The van der Waals surface area contributed by atoms with Gasteiger partial charge in [0.15, 0.2) is 0 Å². The van der Waals surface area contributed by atoms with Gasteiger partial charge in [-0.1, -0.05) is 12.8 Å². The minimum absolute atomic E-state index is 0.210. The molecule has 1 aromatic rings. The fraction of sp³-hybridized carbons (Fsp3) is 0.727. The lowest BCUT2D eigenvalue weighted by Gasteiger charge is -2.19. The third-order valence-corrected chi connectivity index (χ3v) is 3.08. The highest BCUT2D eigenvalue weighted by molar-refractivity contribution is 5.76. The molecule has 0 aromatic carbocycles. The van der Waals surface area contributed by atoms with Gasteiger partial charge in [0.2, 0.25) is 11.9 Å². The lowest BCUT2D eigenvalue weighted by molar-refractivity contribution is -0.131. The molecular weight excluding hydrogens is 218 g/mol. The van der Waals surface area contributed by atoms with Gasteiger partial charge in [-0.2, -0.15) is 4.98 Å². The number of nitrogens with two attached hydrogens (primary N) is 1. The molecule has 1 saturated heterocycles. The summed E-state index contributed by atoms with van der Waals surface area (Å²) in [6.07, 6.45) is 5.79. The Morgan fingerprint density at radius 3 is 2.59 bits per heavy atom. The second-order valence-corrected chi connectivity index (χ2v) is 4.44. The SMILES string of the molecule is Nc1n[nH]c(CCC(=O)N2CCCCCC2)n1. The first-order chi connectivity index (χ1) is 8.25. The van der Waals surface area contributed by atoms with Crippen molar-refractivity contribution in [2.45, 2.75) is 38.5 Å². The van der Waals surface area contributed by atoms with E-state index >= 15 is 0 Å². The summed E-state index contributed by atoms with van der Waals surface area (Å²) in [5.41, 5.74) is 5.40. The zero-order valence-corrected chi connectivity index (χ0v) is 9.98. The van der Waals surface area contributed by atoms with Crippen molar-refractivity contribution in [3.8, 4) is 0 Å². The molecule has 0 atom stereocenters. The summed E-state index contributed by atoms with van der Waals surface area (Å²) in [5, 5.41) is 6.46. The maximum Gasteiger partial charge on any atom is 0.239 e. The number of nitrogens with zero attached hydrogens (tertiary/aromatic N) is 3. The number of H-pyrrole nitrogens is 1. The predicted molar refractivity (Wildman–Crippen MR) is 64.2 cm³/mol. The average molecular weight is 237 g/mol. The molecule has 0 spiro atoms. The molecule has 0 radical (unpaired) electrons. The zero-order chi connectivity index (χ0) is 12.1. The van der Waals surface area contributed by atoms with E-state index in [1.54, 1.807) is 0 Å². The van der Waals surface area contributed by atoms with E-state index in [0.29, 0.717) is 18.7 Å². The molecule has 6 nitrogen and oxygen atoms in total. The maximum atomic E-state index is 12.0. The predicted octanol–water partition coefficient (Wildman–Crippen LogP) is 0.722. The molecule has 1 aliphatic heterocycles. The van der Waals surface area contributed by atoms with Crippen LogP contribution in [0, 0.1) is 0 Å². The molecule has 2 heterocycles. The minimum Gasteiger partial charge on any atom is -0.367 e. The standard InChI is InChI=1S/C11H19N5O/c12-11-13-9(14-15-11)5-6-10(17)16-7-3-1-2-4-8-16/h1-8H2,(H3,12,13,14,15). The first-order valence-corrected chi connectivity index (χ1v) is 6.20. The molecule has 1 aromatic heterocycles. The Balaban J connectivity index is 1.79. The van der Waals surface area contributed by atoms with Gasteiger partial charge in [0.25, 0.3) is 0 Å². The summed E-state index contributed by atoms with van der Waals surface area (Å²) in [4.78, 5) is 17.9. The summed E-state index contributed by atoms with van der Waals surface area (Å²) >= 11 is 0. The van der Waals surface area contributed by atoms with Gasteiger partial charge in [-0.25, -0.2) is 0 Å². The molecule has 1 amide bonds. The Bertz CT molecular complexity index is 368. The number of rotatable bonds is 3. The summed E-state index contributed by atoms with van der Waals surface area (Å²) in [6, 6.07) is 0. The van der Waals surface area contributed by atoms with E-state index in [1.165, 1.54) is 12.8 Å². The van der Waals surface area contributed by atoms with Crippen molar-refractivity contribution in [3.05, 3.63) is 5.82 Å². The molecule has 2 rings (SSSR count). The number of carbonyl (C=O) groups excluding carboxylic acids is 1. The number of anilines is 1. The number of nitrogens with one attached hydrogen (secondary N) is 1. The van der Waals surface area contributed by atoms with Crippen LogP contribution in [0.1, 0.15) is 37.9 Å². The molecule has 0 saturated carbocycles. The van der Waals surface area contributed by atoms with Crippen LogP contribution in [0.2, 0.25) is 0 Å². The lowest BCUT2D eigenvalue weighted by atomic mass is 10.2. The number of hydrogen-bond acceptors (Lipinski definition) is 4. The van der Waals surface area contributed by atoms with Crippen molar-refractivity contribution >= 4 is 11.9 Å². The summed E-state index contributed by atoms with van der Waals surface area (Å²) in [5.74, 6) is 1.13. The van der Waals surface area contributed by atoms with Gasteiger partial charge in [0.1, 0.15) is 5.82 Å². The van der Waals surface area contributed by atoms with Crippen LogP contribution >= 0.6 is 0 Å². The number of likely N-dealkylation sites (tertiary alicyclic amines) is 1. The molecule has 0 bridgehead atoms. The topological polar surface area (TPSA) is 87.9 Å². The van der Waals surface area contributed by atoms with E-state index in [4.69, 9.17) is 5.73 Å². The van der Waals surface area contributed by atoms with Crippen LogP contribution in [0.4, 0.5) is 5.95 Å². The summed E-state index contributed by atoms with van der Waals surface area (Å²) in [7, 11) is 0. The maximum absolute atomic E-state index is 12.0. The summed E-state index contributed by atoms with van der Waals surface area (Å²) in [6.45, 7) is 1.80. The quantitative estimate of drug-likeness (QED) is 0.811. The molecule has 1 fully saturated rings. The van der Waals surface area contributed by atoms with Crippen LogP contribution in [-0.2, 0) is 11.2 Å². The Hall–Kier alpha value is -1.59. The van der Waals surface area contributed by atoms with Crippen molar-refractivity contribution in [2.24, 2.45) is 0 Å². The molecule has 0 aliphatic carbocycles. The Labute approximate surface area is 101 Å². The number of aromatic amines is 1. The third-order valence-electron chi connectivity index (χ3n) is 3.08. The van der Waals surface area contributed by atoms with Gasteiger partial charge in [-0.05, 0) is 12.8 Å². The number of aromatic nitrogens is 3. The molecule has 3 N–H and O–H groups in total. The van der Waals surface area contributed by atoms with Crippen LogP contribution in [-0.4, -0.2) is 39.1 Å². The van der Waals surface area contributed by atoms with Crippen LogP contribution < -0.4 is 5.73 Å². The Morgan fingerprint density at radius 1 is 1.29 bits per heavy atom. The van der Waals surface area contributed by atoms with Crippen LogP contribution in [0.3, 0.4) is 0 Å². The normalized spacial score (nSPS) is 16.8. The lowest BCUT2D eigenvalue weighted by Crippen LogP contribution is -2.32. The second-order valence-electron chi connectivity index (χ2n) is 4.44. The van der Waals surface area contributed by atoms with E-state index in [9.17, 15) is 4.79 Å². The summed E-state index contributed by atoms with van der Waals surface area (Å²) < 4.78 is 0. The van der Waals surface area contributed by atoms with E-state index in [0.717, 1.165) is 25.9 Å². The first-order valence-electron chi connectivity index (χ1n) is 6.20. The second kappa shape index (κ2) is 5.65. The van der Waals surface area contributed by atoms with E-state index in [1.807, 2.05) is 4.90 Å². The Morgan fingerprint density at radius 2 is 2.00 bits per heavy atom. The van der Waals surface area contributed by atoms with Crippen molar-refractivity contribution in [2.75, 3.05) is 18.8 Å². The average Bonchev–Trinajstić information content (AvgIpc) is 2.58. The highest BCUT2D eigenvalue weighted by Gasteiger charge is 2.15. The van der Waals surface area contributed by atoms with Gasteiger partial charge in [0.05, 0.1) is 0 Å². The highest BCUT2D eigenvalue weighted by atomic mass is 16.2. The van der Waals surface area contributed by atoms with Gasteiger partial charge in [0, 0.05) is 25.9 Å². The Kier molecular flexibility index (Phi) is 3.95. The highest BCUT2D eigenvalue weighted by Crippen LogP contribution is 2.11. The van der Waals surface area contributed by atoms with Gasteiger partial charge >= 0.3 is 0 Å². The van der Waals surface area contributed by atoms with Crippen molar-refractivity contribution in [1.29, 1.82) is 0 Å². The van der Waals surface area contributed by atoms with Gasteiger partial charge < -0.3 is 10.6 Å². The molecule has 17 heavy (non-hydrogen) atoms. The van der Waals surface area contributed by atoms with Crippen molar-refractivity contribution in [1.82, 2.24) is 20.1 Å². The zero-order valence-electron chi connectivity index (χ0n) is 9.98. The van der Waals surface area contributed by atoms with E-state index < -0.39 is 0 Å². The van der Waals surface area contributed by atoms with Crippen molar-refractivity contribution < 1.29 is 4.79 Å². The third kappa shape index (κ3) is 3.44. The molecule has 94 valence electrons. The van der Waals surface area contributed by atoms with Crippen LogP contribution in [0.25, 0.3) is 0 Å². The van der Waals surface area contributed by atoms with Crippen molar-refractivity contribution in [3.63, 3.8) is 0 Å². The minimum atomic E-state index is 0.210. The van der Waals surface area contributed by atoms with Gasteiger partial charge in [-0.15, -0.1) is 5.10 Å².